The van der Waals surface area contributed by atoms with Gasteiger partial charge >= 0.3 is 5.97 Å². The molecule has 0 aliphatic heterocycles. The summed E-state index contributed by atoms with van der Waals surface area (Å²) in [6.45, 7) is 18.5. The Bertz CT molecular complexity index is 1000. The van der Waals surface area contributed by atoms with Crippen molar-refractivity contribution >= 4 is 11.8 Å². The van der Waals surface area contributed by atoms with Crippen LogP contribution in [0.15, 0.2) is 12.2 Å². The van der Waals surface area contributed by atoms with Gasteiger partial charge in [-0.25, -0.2) is 4.79 Å². The minimum Gasteiger partial charge on any atom is -0.463 e. The van der Waals surface area contributed by atoms with Crippen molar-refractivity contribution in [2.24, 2.45) is 56.7 Å². The third-order valence-corrected chi connectivity index (χ3v) is 13.9. The maximum Gasteiger partial charge on any atom is 0.337 e. The number of Topliss-reactive ketones (excluding diaryl/α,β-unsaturated/α-hetero) is 1. The van der Waals surface area contributed by atoms with Crippen LogP contribution in [0.1, 0.15) is 106 Å². The van der Waals surface area contributed by atoms with Gasteiger partial charge in [-0.3, -0.25) is 4.79 Å². The Balaban J connectivity index is 1.49. The van der Waals surface area contributed by atoms with Crippen LogP contribution in [0.3, 0.4) is 0 Å². The predicted molar refractivity (Wildman–Crippen MR) is 148 cm³/mol. The highest BCUT2D eigenvalue weighted by molar-refractivity contribution is 5.85. The fraction of sp³-hybridized carbons (Fsp3) is 0.879. The lowest BCUT2D eigenvalue weighted by Crippen LogP contribution is -2.66. The average molecular weight is 529 g/mol. The molecule has 38 heavy (non-hydrogen) atoms. The minimum atomic E-state index is -1.46. The average Bonchev–Trinajstić information content (AvgIpc) is 3.25. The SMILES string of the molecule is C=C(C)[C@@H]1CC[C@]2(COC(=O)C(O)CO)CC[C@]3(C)C(CCC4[C@@]5(C)CCC(=O)C(C)(C)C5CC[C@]43C)C12. The molecule has 0 aromatic rings. The highest BCUT2D eigenvalue weighted by Gasteiger charge is 2.71. The van der Waals surface area contributed by atoms with Crippen LogP contribution in [0.25, 0.3) is 0 Å². The first kappa shape index (κ1) is 28.3. The molecule has 0 saturated heterocycles. The Labute approximate surface area is 230 Å². The van der Waals surface area contributed by atoms with E-state index in [0.29, 0.717) is 42.0 Å². The zero-order valence-electron chi connectivity index (χ0n) is 24.8. The van der Waals surface area contributed by atoms with E-state index in [1.807, 2.05) is 0 Å². The summed E-state index contributed by atoms with van der Waals surface area (Å²) < 4.78 is 5.72. The molecular formula is C33H52O5. The molecule has 0 radical (unpaired) electrons. The number of aliphatic hydroxyl groups is 2. The summed E-state index contributed by atoms with van der Waals surface area (Å²) in [6, 6.07) is 0. The van der Waals surface area contributed by atoms with Crippen molar-refractivity contribution < 1.29 is 24.5 Å². The van der Waals surface area contributed by atoms with Crippen molar-refractivity contribution in [1.29, 1.82) is 0 Å². The number of fused-ring (bicyclic) bond motifs is 7. The van der Waals surface area contributed by atoms with Gasteiger partial charge in [0.2, 0.25) is 0 Å². The van der Waals surface area contributed by atoms with Gasteiger partial charge in [-0.1, -0.05) is 46.8 Å². The van der Waals surface area contributed by atoms with Gasteiger partial charge in [0, 0.05) is 17.3 Å². The molecule has 5 unspecified atom stereocenters. The molecule has 5 aliphatic carbocycles. The van der Waals surface area contributed by atoms with Gasteiger partial charge in [0.15, 0.2) is 6.10 Å². The molecule has 5 rings (SSSR count). The first-order chi connectivity index (χ1) is 17.7. The molecule has 5 saturated carbocycles. The molecule has 0 aromatic heterocycles. The monoisotopic (exact) mass is 528 g/mol. The number of hydrogen-bond donors (Lipinski definition) is 2. The maximum atomic E-state index is 13.0. The summed E-state index contributed by atoms with van der Waals surface area (Å²) in [5.41, 5.74) is 1.55. The molecule has 0 aromatic carbocycles. The van der Waals surface area contributed by atoms with Crippen LogP contribution >= 0.6 is 0 Å². The second-order valence-electron chi connectivity index (χ2n) is 15.5. The zero-order chi connectivity index (χ0) is 27.9. The van der Waals surface area contributed by atoms with E-state index < -0.39 is 18.7 Å². The van der Waals surface area contributed by atoms with E-state index in [4.69, 9.17) is 4.74 Å². The molecule has 0 amide bonds. The third kappa shape index (κ3) is 3.69. The molecule has 0 bridgehead atoms. The summed E-state index contributed by atoms with van der Waals surface area (Å²) in [6.07, 6.45) is 9.31. The molecular weight excluding hydrogens is 476 g/mol. The number of carbonyl (C=O) groups excluding carboxylic acids is 2. The maximum absolute atomic E-state index is 13.0. The van der Waals surface area contributed by atoms with Crippen LogP contribution < -0.4 is 0 Å². The van der Waals surface area contributed by atoms with E-state index in [1.54, 1.807) is 0 Å². The molecule has 10 atom stereocenters. The Hall–Kier alpha value is -1.20. The van der Waals surface area contributed by atoms with E-state index in [0.717, 1.165) is 44.9 Å². The standard InChI is InChI=1S/C33H52O5/c1-20(2)21-10-15-33(19-38-28(37)23(35)18-34)17-16-31(6)22(27(21)33)8-9-25-30(5)13-12-26(36)29(3,4)24(30)11-14-32(25,31)7/h21-25,27,34-35H,1,8-19H2,2-7H3/t21-,22?,23?,24?,25?,27?,30-,31+,32+,33+/m0/s1. The van der Waals surface area contributed by atoms with Crippen LogP contribution in [-0.4, -0.2) is 41.3 Å². The van der Waals surface area contributed by atoms with Crippen molar-refractivity contribution in [2.45, 2.75) is 112 Å². The second kappa shape index (κ2) is 9.16. The van der Waals surface area contributed by atoms with Crippen LogP contribution in [0.5, 0.6) is 0 Å². The van der Waals surface area contributed by atoms with E-state index in [-0.39, 0.29) is 27.1 Å². The fourth-order valence-corrected chi connectivity index (χ4v) is 11.7. The van der Waals surface area contributed by atoms with Crippen LogP contribution in [0.2, 0.25) is 0 Å². The number of ketones is 1. The normalized spacial score (nSPS) is 48.2. The molecule has 2 N–H and O–H groups in total. The highest BCUT2D eigenvalue weighted by atomic mass is 16.5. The number of rotatable bonds is 5. The Morgan fingerprint density at radius 2 is 1.68 bits per heavy atom. The van der Waals surface area contributed by atoms with Gasteiger partial charge in [0.1, 0.15) is 5.78 Å². The molecule has 5 aliphatic rings. The van der Waals surface area contributed by atoms with Crippen molar-refractivity contribution in [3.63, 3.8) is 0 Å². The van der Waals surface area contributed by atoms with Gasteiger partial charge in [-0.2, -0.15) is 0 Å². The largest absolute Gasteiger partial charge is 0.463 e. The number of hydrogen-bond acceptors (Lipinski definition) is 5. The Morgan fingerprint density at radius 3 is 2.34 bits per heavy atom. The van der Waals surface area contributed by atoms with Gasteiger partial charge in [0.25, 0.3) is 0 Å². The van der Waals surface area contributed by atoms with Gasteiger partial charge < -0.3 is 14.9 Å². The minimum absolute atomic E-state index is 0.0812. The van der Waals surface area contributed by atoms with Crippen molar-refractivity contribution in [3.8, 4) is 0 Å². The summed E-state index contributed by atoms with van der Waals surface area (Å²) in [5, 5.41) is 19.1. The van der Waals surface area contributed by atoms with Gasteiger partial charge in [-0.05, 0) is 111 Å². The highest BCUT2D eigenvalue weighted by Crippen LogP contribution is 2.77. The Kier molecular flexibility index (Phi) is 6.83. The van der Waals surface area contributed by atoms with Crippen molar-refractivity contribution in [3.05, 3.63) is 12.2 Å². The predicted octanol–water partition coefficient (Wildman–Crippen LogP) is 6.11. The summed E-state index contributed by atoms with van der Waals surface area (Å²) in [4.78, 5) is 25.4. The van der Waals surface area contributed by atoms with Crippen molar-refractivity contribution in [2.75, 3.05) is 13.2 Å². The molecule has 5 fully saturated rings. The second-order valence-corrected chi connectivity index (χ2v) is 15.5. The molecule has 5 heteroatoms. The Morgan fingerprint density at radius 1 is 0.974 bits per heavy atom. The number of ether oxygens (including phenoxy) is 1. The van der Waals surface area contributed by atoms with E-state index in [2.05, 4.69) is 48.1 Å². The molecule has 0 spiro atoms. The number of allylic oxidation sites excluding steroid dienone is 1. The smallest absolute Gasteiger partial charge is 0.337 e. The fourth-order valence-electron chi connectivity index (χ4n) is 11.7. The van der Waals surface area contributed by atoms with E-state index >= 15 is 0 Å². The number of aliphatic hydroxyl groups excluding tert-OH is 2. The molecule has 5 nitrogen and oxygen atoms in total. The van der Waals surface area contributed by atoms with Crippen LogP contribution in [-0.2, 0) is 14.3 Å². The number of esters is 1. The van der Waals surface area contributed by atoms with E-state index in [1.165, 1.54) is 24.8 Å². The van der Waals surface area contributed by atoms with E-state index in [9.17, 15) is 19.8 Å². The van der Waals surface area contributed by atoms with Gasteiger partial charge in [-0.15, -0.1) is 0 Å². The first-order valence-electron chi connectivity index (χ1n) is 15.3. The third-order valence-electron chi connectivity index (χ3n) is 13.9. The van der Waals surface area contributed by atoms with Gasteiger partial charge in [0.05, 0.1) is 13.2 Å². The first-order valence-corrected chi connectivity index (χ1v) is 15.3. The van der Waals surface area contributed by atoms with Crippen LogP contribution in [0.4, 0.5) is 0 Å². The lowest BCUT2D eigenvalue weighted by Gasteiger charge is -2.72. The zero-order valence-corrected chi connectivity index (χ0v) is 24.8. The van der Waals surface area contributed by atoms with Crippen molar-refractivity contribution in [1.82, 2.24) is 0 Å². The lowest BCUT2D eigenvalue weighted by molar-refractivity contribution is -0.237. The summed E-state index contributed by atoms with van der Waals surface area (Å²) in [7, 11) is 0. The topological polar surface area (TPSA) is 83.8 Å². The lowest BCUT2D eigenvalue weighted by atomic mass is 9.32. The molecule has 0 heterocycles. The quantitative estimate of drug-likeness (QED) is 0.332. The summed E-state index contributed by atoms with van der Waals surface area (Å²) in [5.74, 6) is 2.24. The molecule has 214 valence electrons. The number of carbonyl (C=O) groups is 2. The van der Waals surface area contributed by atoms with Crippen LogP contribution in [0, 0.1) is 56.7 Å². The summed E-state index contributed by atoms with van der Waals surface area (Å²) >= 11 is 0.